The fraction of sp³-hybridized carbons (Fsp3) is 0.520. The molecule has 1 spiro atoms. The fourth-order valence-corrected chi connectivity index (χ4v) is 14.0. The van der Waals surface area contributed by atoms with Gasteiger partial charge >= 0.3 is 0 Å². The van der Waals surface area contributed by atoms with Crippen LogP contribution in [0, 0.1) is 63.2 Å². The van der Waals surface area contributed by atoms with E-state index in [-0.39, 0.29) is 10.8 Å². The number of furan rings is 1. The quantitative estimate of drug-likeness (QED) is 0.186. The summed E-state index contributed by atoms with van der Waals surface area (Å²) in [5.74, 6) is 5.58. The van der Waals surface area contributed by atoms with Crippen LogP contribution >= 0.6 is 0 Å². The van der Waals surface area contributed by atoms with Gasteiger partial charge in [-0.05, 0) is 125 Å². The number of rotatable bonds is 3. The maximum Gasteiger partial charge on any atom is 0.139 e. The van der Waals surface area contributed by atoms with Crippen LogP contribution in [0.3, 0.4) is 0 Å². The summed E-state index contributed by atoms with van der Waals surface area (Å²) >= 11 is 0. The van der Waals surface area contributed by atoms with Gasteiger partial charge < -0.3 is 4.42 Å². The summed E-state index contributed by atoms with van der Waals surface area (Å²) in [6.07, 6.45) is 14.1. The van der Waals surface area contributed by atoms with Crippen molar-refractivity contribution in [3.05, 3.63) is 93.0 Å². The van der Waals surface area contributed by atoms with E-state index in [1.807, 2.05) is 0 Å². The highest BCUT2D eigenvalue weighted by molar-refractivity contribution is 6.05. The fourth-order valence-electron chi connectivity index (χ4n) is 14.0. The van der Waals surface area contributed by atoms with Crippen molar-refractivity contribution < 1.29 is 4.42 Å². The van der Waals surface area contributed by atoms with Gasteiger partial charge in [-0.25, -0.2) is 0 Å². The molecule has 5 aromatic rings. The topological polar surface area (TPSA) is 13.1 Å². The highest BCUT2D eigenvalue weighted by Gasteiger charge is 2.70. The number of hydrogen-bond donors (Lipinski definition) is 0. The van der Waals surface area contributed by atoms with Gasteiger partial charge in [0, 0.05) is 27.3 Å². The molecule has 0 aliphatic heterocycles. The zero-order chi connectivity index (χ0) is 35.1. The Kier molecular flexibility index (Phi) is 7.04. The van der Waals surface area contributed by atoms with Crippen molar-refractivity contribution >= 4 is 21.7 Å². The summed E-state index contributed by atoms with van der Waals surface area (Å²) in [6.45, 7) is 19.6. The molecule has 3 saturated carbocycles. The second-order valence-corrected chi connectivity index (χ2v) is 19.0. The lowest BCUT2D eigenvalue weighted by molar-refractivity contribution is -0.130. The summed E-state index contributed by atoms with van der Waals surface area (Å²) in [5, 5.41) is 4.40. The summed E-state index contributed by atoms with van der Waals surface area (Å²) in [7, 11) is 0. The first-order chi connectivity index (χ1) is 24.5. The highest BCUT2D eigenvalue weighted by atomic mass is 16.3. The predicted molar refractivity (Wildman–Crippen MR) is 215 cm³/mol. The van der Waals surface area contributed by atoms with Crippen molar-refractivity contribution in [2.75, 3.05) is 0 Å². The molecule has 5 aliphatic rings. The van der Waals surface area contributed by atoms with Crippen LogP contribution in [0.2, 0.25) is 0 Å². The zero-order valence-corrected chi connectivity index (χ0v) is 32.6. The van der Waals surface area contributed by atoms with E-state index < -0.39 is 0 Å². The second-order valence-electron chi connectivity index (χ2n) is 19.0. The average molecular weight is 675 g/mol. The van der Waals surface area contributed by atoms with Gasteiger partial charge in [0.05, 0.1) is 0 Å². The summed E-state index contributed by atoms with van der Waals surface area (Å²) in [5.41, 5.74) is 17.4. The molecule has 0 N–H and O–H groups in total. The molecule has 2 atom stereocenters. The lowest BCUT2D eigenvalue weighted by Crippen LogP contribution is -2.66. The normalized spacial score (nSPS) is 26.9. The average Bonchev–Trinajstić information content (AvgIpc) is 3.69. The smallest absolute Gasteiger partial charge is 0.139 e. The van der Waals surface area contributed by atoms with Crippen LogP contribution in [0.15, 0.2) is 52.9 Å². The number of benzene rings is 4. The Morgan fingerprint density at radius 3 is 1.90 bits per heavy atom. The van der Waals surface area contributed by atoms with Crippen LogP contribution in [0.25, 0.3) is 44.2 Å². The van der Waals surface area contributed by atoms with E-state index >= 15 is 0 Å². The van der Waals surface area contributed by atoms with Crippen molar-refractivity contribution in [2.45, 2.75) is 130 Å². The zero-order valence-electron chi connectivity index (χ0n) is 32.6. The first kappa shape index (κ1) is 32.3. The van der Waals surface area contributed by atoms with Crippen LogP contribution in [0.5, 0.6) is 0 Å². The first-order valence-electron chi connectivity index (χ1n) is 20.8. The molecule has 0 saturated heterocycles. The number of hydrogen-bond acceptors (Lipinski definition) is 1. The van der Waals surface area contributed by atoms with Gasteiger partial charge in [-0.15, -0.1) is 0 Å². The molecular weight excluding hydrogens is 617 g/mol. The summed E-state index contributed by atoms with van der Waals surface area (Å²) < 4.78 is 6.87. The van der Waals surface area contributed by atoms with Crippen LogP contribution in [0.1, 0.15) is 136 Å². The van der Waals surface area contributed by atoms with E-state index in [1.165, 1.54) is 114 Å². The Labute approximate surface area is 306 Å². The Bertz CT molecular complexity index is 2220. The van der Waals surface area contributed by atoms with Crippen LogP contribution in [-0.2, 0) is 10.8 Å². The van der Waals surface area contributed by atoms with Gasteiger partial charge in [0.2, 0.25) is 0 Å². The van der Waals surface area contributed by atoms with Crippen LogP contribution < -0.4 is 0 Å². The maximum absolute atomic E-state index is 6.87. The van der Waals surface area contributed by atoms with Crippen molar-refractivity contribution in [3.63, 3.8) is 0 Å². The standard InChI is InChI=1S/C50H58O/c1-27(2)40-43(32-15-11-9-12-16-32)50(44(40)33-17-13-10-14-18-33)38-21-20-34-46(49(7,8)47-35-24-28(3)19-22-39(35)51-48(34)47)42(38)37-26-31(6)41-30(5)23-29(4)25-36(41)45(37)50/h19-27,32-33,40,43-44H,9-18H2,1-8H3. The first-order valence-corrected chi connectivity index (χ1v) is 20.8. The Morgan fingerprint density at radius 1 is 0.627 bits per heavy atom. The Balaban J connectivity index is 1.35. The van der Waals surface area contributed by atoms with Crippen molar-refractivity contribution in [3.8, 4) is 22.5 Å². The van der Waals surface area contributed by atoms with Gasteiger partial charge in [-0.3, -0.25) is 0 Å². The van der Waals surface area contributed by atoms with Crippen molar-refractivity contribution in [2.24, 2.45) is 35.5 Å². The van der Waals surface area contributed by atoms with E-state index in [9.17, 15) is 0 Å². The largest absolute Gasteiger partial charge is 0.456 e. The molecule has 4 aromatic carbocycles. The van der Waals surface area contributed by atoms with Gasteiger partial charge in [0.25, 0.3) is 0 Å². The minimum absolute atomic E-state index is 0.0588. The van der Waals surface area contributed by atoms with Gasteiger partial charge in [0.15, 0.2) is 0 Å². The minimum Gasteiger partial charge on any atom is -0.456 e. The second kappa shape index (κ2) is 11.1. The molecule has 5 aliphatic carbocycles. The van der Waals surface area contributed by atoms with Crippen molar-refractivity contribution in [1.29, 1.82) is 0 Å². The third kappa shape index (κ3) is 4.10. The molecule has 3 fully saturated rings. The third-order valence-electron chi connectivity index (χ3n) is 15.4. The monoisotopic (exact) mass is 674 g/mol. The molecular formula is C50H58O. The molecule has 0 bridgehead atoms. The van der Waals surface area contributed by atoms with E-state index in [0.29, 0.717) is 17.8 Å². The maximum atomic E-state index is 6.87. The predicted octanol–water partition coefficient (Wildman–Crippen LogP) is 14.1. The van der Waals surface area contributed by atoms with Gasteiger partial charge in [-0.1, -0.05) is 139 Å². The molecule has 1 heteroatoms. The minimum atomic E-state index is -0.162. The van der Waals surface area contributed by atoms with Crippen molar-refractivity contribution in [1.82, 2.24) is 0 Å². The van der Waals surface area contributed by atoms with Crippen LogP contribution in [0.4, 0.5) is 0 Å². The molecule has 51 heavy (non-hydrogen) atoms. The molecule has 0 amide bonds. The van der Waals surface area contributed by atoms with Crippen LogP contribution in [-0.4, -0.2) is 0 Å². The Hall–Kier alpha value is -3.32. The van der Waals surface area contributed by atoms with E-state index in [2.05, 4.69) is 104 Å². The van der Waals surface area contributed by atoms with Gasteiger partial charge in [0.1, 0.15) is 11.3 Å². The molecule has 264 valence electrons. The number of aryl methyl sites for hydroxylation is 4. The van der Waals surface area contributed by atoms with E-state index in [1.54, 1.807) is 27.6 Å². The molecule has 0 radical (unpaired) electrons. The van der Waals surface area contributed by atoms with E-state index in [0.717, 1.165) is 29.1 Å². The number of fused-ring (bicyclic) bond motifs is 13. The molecule has 1 heterocycles. The molecule has 2 unspecified atom stereocenters. The Morgan fingerprint density at radius 2 is 1.25 bits per heavy atom. The van der Waals surface area contributed by atoms with E-state index in [4.69, 9.17) is 4.42 Å². The van der Waals surface area contributed by atoms with Gasteiger partial charge in [-0.2, -0.15) is 0 Å². The SMILES string of the molecule is Cc1ccc2oc3c(c2c1)C(C)(C)c1c-3ccc2c1-c1cc(C)c3c(C)cc(C)cc3c1C21C(C2CCCCC2)C(C(C)C)C1C1CCCCC1. The highest BCUT2D eigenvalue weighted by Crippen LogP contribution is 2.76. The lowest BCUT2D eigenvalue weighted by Gasteiger charge is -2.68. The lowest BCUT2D eigenvalue weighted by atomic mass is 9.35. The molecule has 1 aromatic heterocycles. The molecule has 10 rings (SSSR count). The summed E-state index contributed by atoms with van der Waals surface area (Å²) in [4.78, 5) is 0. The summed E-state index contributed by atoms with van der Waals surface area (Å²) in [6, 6.07) is 19.7. The third-order valence-corrected chi connectivity index (χ3v) is 15.4. The molecule has 1 nitrogen and oxygen atoms in total.